The number of likely N-dealkylation sites (N-methyl/N-ethyl adjacent to an activating group) is 2. The van der Waals surface area contributed by atoms with E-state index in [0.29, 0.717) is 23.5 Å². The van der Waals surface area contributed by atoms with Crippen LogP contribution in [0.4, 0.5) is 0 Å². The molecule has 0 spiro atoms. The Morgan fingerprint density at radius 3 is 1.33 bits per heavy atom. The number of aliphatic imine (C=N–C) groups is 3. The van der Waals surface area contributed by atoms with Crippen LogP contribution >= 0.6 is 15.0 Å². The van der Waals surface area contributed by atoms with Gasteiger partial charge in [0.15, 0.2) is 5.54 Å². The van der Waals surface area contributed by atoms with E-state index in [1.54, 1.807) is 0 Å². The molecule has 2 aliphatic carbocycles. The first-order chi connectivity index (χ1) is 52.7. The van der Waals surface area contributed by atoms with Gasteiger partial charge in [-0.3, -0.25) is 73.6 Å². The molecule has 32 nitrogen and oxygen atoms in total. The molecule has 0 aromatic carbocycles. The minimum absolute atomic E-state index is 0.0881. The third-order valence-corrected chi connectivity index (χ3v) is 27.4. The van der Waals surface area contributed by atoms with E-state index >= 15 is 0 Å². The molecular formula is C80H186N32P2+8. The second-order valence-electron chi connectivity index (χ2n) is 36.3. The van der Waals surface area contributed by atoms with Crippen LogP contribution in [0, 0.1) is 5.41 Å². The Bertz CT molecular complexity index is 3050. The SMILES string of the molecule is C1CNC2=[N+](C1)CCCN2.CC(C)N=C(NC(N(C)C)=[N+](C)C)NC(C)C.CN(C)C(N)=[N+](C)C.CN(C)C(N=C1N(C)CCN1C)=[N+](C)C.CN(C)C(NC(=NC1CCCCC1)NC1CCCCC1)=[N+](C)C.CN(C)P(=[NH+]C(C)(C)CC(C)(C)C)(N(C)C)N(C)C.CN(C)P(=[NH2+])(N(C)C)N(C)C.C[N+]1=C2NCCCN2CCC1. The molecule has 668 valence electrons. The van der Waals surface area contributed by atoms with E-state index in [1.165, 1.54) is 135 Å². The van der Waals surface area contributed by atoms with Gasteiger partial charge in [0.1, 0.15) is 0 Å². The Labute approximate surface area is 700 Å². The lowest BCUT2D eigenvalue weighted by Crippen LogP contribution is -2.84. The number of nitrogens with zero attached hydrogens (tertiary/aromatic N) is 22. The largest absolute Gasteiger partial charge is 0.392 e. The van der Waals surface area contributed by atoms with E-state index in [-0.39, 0.29) is 11.6 Å². The van der Waals surface area contributed by atoms with Crippen LogP contribution in [0.2, 0.25) is 0 Å². The number of nitrogens with two attached hydrogens (primary N) is 2. The molecule has 0 bridgehead atoms. The summed E-state index contributed by atoms with van der Waals surface area (Å²) in [5, 5.41) is 30.3. The molecular weight excluding hydrogens is 1470 g/mol. The predicted molar refractivity (Wildman–Crippen MR) is 494 cm³/mol. The summed E-state index contributed by atoms with van der Waals surface area (Å²) in [4.78, 5) is 29.1. The zero-order chi connectivity index (χ0) is 87.9. The van der Waals surface area contributed by atoms with Crippen LogP contribution in [-0.4, -0.2) is 457 Å². The Morgan fingerprint density at radius 2 is 0.991 bits per heavy atom. The molecule has 114 heavy (non-hydrogen) atoms. The number of rotatable bonds is 12. The van der Waals surface area contributed by atoms with Crippen molar-refractivity contribution >= 4 is 68.6 Å². The van der Waals surface area contributed by atoms with E-state index in [9.17, 15) is 0 Å². The number of fused-ring (bicyclic) bond motifs is 1. The third kappa shape index (κ3) is 40.6. The zero-order valence-corrected chi connectivity index (χ0v) is 83.2. The molecule has 7 rings (SSSR count). The van der Waals surface area contributed by atoms with E-state index in [0.717, 1.165) is 80.9 Å². The van der Waals surface area contributed by atoms with Gasteiger partial charge in [0.05, 0.1) is 178 Å². The molecule has 7 aliphatic rings. The average Bonchev–Trinajstić information content (AvgIpc) is 0.791. The number of nitrogens with one attached hydrogen (secondary N) is 8. The van der Waals surface area contributed by atoms with Crippen LogP contribution in [0.25, 0.3) is 0 Å². The molecule has 0 atom stereocenters. The fourth-order valence-corrected chi connectivity index (χ4v) is 20.6. The normalized spacial score (nSPS) is 16.9. The number of hydrogen-bond acceptors (Lipinski definition) is 6. The van der Waals surface area contributed by atoms with Crippen molar-refractivity contribution in [2.45, 2.75) is 188 Å². The molecule has 0 unspecified atom stereocenters. The van der Waals surface area contributed by atoms with Crippen LogP contribution in [0.1, 0.15) is 159 Å². The average molecular weight is 1660 g/mol. The van der Waals surface area contributed by atoms with Crippen molar-refractivity contribution in [3.05, 3.63) is 0 Å². The molecule has 4 fully saturated rings. The molecule has 0 amide bonds. The first-order valence-electron chi connectivity index (χ1n) is 42.2. The van der Waals surface area contributed by atoms with Crippen LogP contribution in [-0.2, 0) is 0 Å². The molecule has 0 aromatic rings. The molecule has 2 saturated carbocycles. The highest BCUT2D eigenvalue weighted by atomic mass is 31.2. The summed E-state index contributed by atoms with van der Waals surface area (Å²) >= 11 is 0. The Morgan fingerprint density at radius 1 is 0.553 bits per heavy atom. The fourth-order valence-electron chi connectivity index (χ4n) is 14.8. The van der Waals surface area contributed by atoms with E-state index in [2.05, 4.69) is 267 Å². The summed E-state index contributed by atoms with van der Waals surface area (Å²) in [6.07, 6.45) is 19.4. The molecule has 0 radical (unpaired) electrons. The first kappa shape index (κ1) is 108. The van der Waals surface area contributed by atoms with Crippen molar-refractivity contribution in [1.82, 2.24) is 99.5 Å². The van der Waals surface area contributed by atoms with Gasteiger partial charge in [0.2, 0.25) is 0 Å². The van der Waals surface area contributed by atoms with Gasteiger partial charge in [-0.25, -0.2) is 58.5 Å². The molecule has 0 aromatic heterocycles. The maximum absolute atomic E-state index is 6.22. The highest BCUT2D eigenvalue weighted by Gasteiger charge is 2.41. The summed E-state index contributed by atoms with van der Waals surface area (Å²) in [5.74, 6) is 9.23. The smallest absolute Gasteiger partial charge is 0.341 e. The molecule has 5 heterocycles. The topological polar surface area (TPSA) is 247 Å². The van der Waals surface area contributed by atoms with Gasteiger partial charge in [0, 0.05) is 77.4 Å². The standard InChI is InChI=1S/C18H35N5.C14H35N4P.C12H27N5.C10H22N5.C8H15N3.C7H13N3.C6H19N4P.C5H13N3/c1-22(2)18(23(3)4)21-17(19-15-11-7-5-8-12-15)20-16-13-9-6-10-14-16;1-13(2,3)12-14(4,5)15-19(16(6)7,17(8)9)18(10)11;1-9(2)13-11(14-10(3)4)15-12(16(5)6)17(7)8;1-12(2)9(13(3)4)11-10-14(5)7-8-15(10)6;1-10-5-3-7-11-6-2-4-9-8(10)11;1-3-8-7-9-4-2-6-10(7)5-1;1-8(2)11(7,9(3)4)10(5)6;1-7(2)5(6)8(3)4/h15-16H,5-14H2,1-4H3,(H,19,20);12H2,1-11H3;9-10H,1-8H3,(H,13,14);7-8H2,1-6H3;2-7H2,1H3;1-6H2,(H,8,9);7H,1-6H3;6H,1-4H3/q;;;+1;;;;/p+7. The second-order valence-corrected chi connectivity index (χ2v) is 43.7. The van der Waals surface area contributed by atoms with Crippen molar-refractivity contribution in [2.75, 3.05) is 284 Å². The summed E-state index contributed by atoms with van der Waals surface area (Å²) in [6, 6.07) is 1.66. The first-order valence-corrected chi connectivity index (χ1v) is 45.5. The Kier molecular flexibility index (Phi) is 50.9. The lowest BCUT2D eigenvalue weighted by molar-refractivity contribution is -0.539. The molecule has 34 heteroatoms. The van der Waals surface area contributed by atoms with Gasteiger partial charge >= 0.3 is 50.8 Å². The van der Waals surface area contributed by atoms with E-state index in [1.807, 2.05) is 155 Å². The summed E-state index contributed by atoms with van der Waals surface area (Å²) < 4.78 is 29.9. The molecule has 5 aliphatic heterocycles. The monoisotopic (exact) mass is 1660 g/mol. The van der Waals surface area contributed by atoms with Crippen molar-refractivity contribution in [2.24, 2.45) is 26.1 Å². The lowest BCUT2D eigenvalue weighted by Gasteiger charge is -2.38. The van der Waals surface area contributed by atoms with E-state index < -0.39 is 15.0 Å². The van der Waals surface area contributed by atoms with Crippen molar-refractivity contribution < 1.29 is 37.4 Å². The van der Waals surface area contributed by atoms with Gasteiger partial charge < -0.3 is 20.4 Å². The summed E-state index contributed by atoms with van der Waals surface area (Å²) in [5.41, 5.74) is 5.93. The maximum Gasteiger partial charge on any atom is 0.392 e. The van der Waals surface area contributed by atoms with Crippen molar-refractivity contribution in [1.29, 1.82) is 0 Å². The Hall–Kier alpha value is -5.75. The van der Waals surface area contributed by atoms with Gasteiger partial charge in [-0.2, -0.15) is 0 Å². The van der Waals surface area contributed by atoms with Crippen LogP contribution in [0.3, 0.4) is 0 Å². The fraction of sp³-hybridized carbons (Fsp3) is 0.887. The van der Waals surface area contributed by atoms with Gasteiger partial charge in [-0.1, -0.05) is 59.3 Å². The van der Waals surface area contributed by atoms with Gasteiger partial charge in [0.25, 0.3) is 17.9 Å². The van der Waals surface area contributed by atoms with Crippen LogP contribution in [0.15, 0.2) is 15.0 Å². The summed E-state index contributed by atoms with van der Waals surface area (Å²) in [7, 11) is 60.0. The Balaban J connectivity index is 0.00000131. The van der Waals surface area contributed by atoms with Gasteiger partial charge in [-0.15, -0.1) is 0 Å². The second kappa shape index (κ2) is 53.6. The van der Waals surface area contributed by atoms with E-state index in [4.69, 9.17) is 15.9 Å². The molecule has 2 saturated heterocycles. The van der Waals surface area contributed by atoms with Crippen molar-refractivity contribution in [3.63, 3.8) is 0 Å². The van der Waals surface area contributed by atoms with Crippen LogP contribution in [0.5, 0.6) is 0 Å². The number of guanidine groups is 9. The lowest BCUT2D eigenvalue weighted by atomic mass is 9.82. The van der Waals surface area contributed by atoms with Gasteiger partial charge in [-0.05, 0) is 162 Å². The maximum atomic E-state index is 6.22. The zero-order valence-electron chi connectivity index (χ0n) is 81.4. The van der Waals surface area contributed by atoms with Crippen LogP contribution < -0.4 is 52.9 Å². The predicted octanol–water partition coefficient (Wildman–Crippen LogP) is 1.76. The highest BCUT2D eigenvalue weighted by Crippen LogP contribution is 2.48. The highest BCUT2D eigenvalue weighted by molar-refractivity contribution is 7.56. The number of hydrogen-bond donors (Lipinski definition) is 10. The quantitative estimate of drug-likeness (QED) is 0.0579. The van der Waals surface area contributed by atoms with Crippen molar-refractivity contribution in [3.8, 4) is 0 Å². The minimum atomic E-state index is -1.69. The molecule has 12 N–H and O–H groups in total. The minimum Gasteiger partial charge on any atom is -0.341 e. The summed E-state index contributed by atoms with van der Waals surface area (Å²) in [6.45, 7) is 31.5. The third-order valence-electron chi connectivity index (χ3n) is 19.6.